The number of carboxylic acid groups (broad SMARTS) is 1. The highest BCUT2D eigenvalue weighted by Crippen LogP contribution is 2.28. The van der Waals surface area contributed by atoms with Gasteiger partial charge in [-0.25, -0.2) is 4.79 Å². The number of ether oxygens (including phenoxy) is 1. The fourth-order valence-corrected chi connectivity index (χ4v) is 2.90. The lowest BCUT2D eigenvalue weighted by atomic mass is 10.1. The molecule has 0 spiro atoms. The van der Waals surface area contributed by atoms with Crippen LogP contribution < -0.4 is 10.1 Å². The van der Waals surface area contributed by atoms with Crippen LogP contribution >= 0.6 is 0 Å². The van der Waals surface area contributed by atoms with Crippen molar-refractivity contribution >= 4 is 17.6 Å². The molecule has 3 aromatic rings. The van der Waals surface area contributed by atoms with Crippen LogP contribution in [0, 0.1) is 10.1 Å². The van der Waals surface area contributed by atoms with E-state index in [9.17, 15) is 19.7 Å². The Balaban J connectivity index is 1.60. The van der Waals surface area contributed by atoms with Crippen molar-refractivity contribution in [1.82, 2.24) is 5.32 Å². The predicted molar refractivity (Wildman–Crippen MR) is 113 cm³/mol. The highest BCUT2D eigenvalue weighted by atomic mass is 16.6. The number of aromatic carboxylic acids is 1. The van der Waals surface area contributed by atoms with Crippen molar-refractivity contribution in [2.45, 2.75) is 13.0 Å². The van der Waals surface area contributed by atoms with Crippen molar-refractivity contribution in [1.29, 1.82) is 0 Å². The number of nitrogens with zero attached hydrogens (tertiary/aromatic N) is 1. The Morgan fingerprint density at radius 3 is 2.26 bits per heavy atom. The molecule has 2 N–H and O–H groups in total. The van der Waals surface area contributed by atoms with E-state index in [0.29, 0.717) is 13.0 Å². The molecule has 3 rings (SSSR count). The Morgan fingerprint density at radius 2 is 1.61 bits per heavy atom. The van der Waals surface area contributed by atoms with Gasteiger partial charge in [0, 0.05) is 18.2 Å². The van der Waals surface area contributed by atoms with Gasteiger partial charge in [0.2, 0.25) is 0 Å². The number of hydrogen-bond acceptors (Lipinski definition) is 5. The van der Waals surface area contributed by atoms with Crippen molar-refractivity contribution in [3.63, 3.8) is 0 Å². The zero-order valence-corrected chi connectivity index (χ0v) is 16.5. The van der Waals surface area contributed by atoms with Crippen molar-refractivity contribution in [2.24, 2.45) is 0 Å². The first-order valence-corrected chi connectivity index (χ1v) is 9.49. The van der Waals surface area contributed by atoms with Crippen LogP contribution in [0.2, 0.25) is 0 Å². The SMILES string of the molecule is O=C(O)c1ccc(CCNC(=O)c2ccc(OCc3ccccc3)c([N+](=O)[O-])c2)cc1. The molecule has 0 aliphatic rings. The zero-order chi connectivity index (χ0) is 22.2. The molecule has 0 saturated heterocycles. The van der Waals surface area contributed by atoms with Gasteiger partial charge < -0.3 is 15.2 Å². The molecule has 0 fully saturated rings. The normalized spacial score (nSPS) is 10.3. The molecule has 0 atom stereocenters. The molecule has 8 heteroatoms. The summed E-state index contributed by atoms with van der Waals surface area (Å²) in [5.41, 5.74) is 1.79. The second-order valence-electron chi connectivity index (χ2n) is 6.72. The summed E-state index contributed by atoms with van der Waals surface area (Å²) in [6, 6.07) is 19.7. The number of nitro groups is 1. The minimum absolute atomic E-state index is 0.0870. The third kappa shape index (κ3) is 5.89. The second-order valence-corrected chi connectivity index (χ2v) is 6.72. The molecule has 8 nitrogen and oxygen atoms in total. The number of carboxylic acids is 1. The fraction of sp³-hybridized carbons (Fsp3) is 0.130. The van der Waals surface area contributed by atoms with Crippen LogP contribution in [0.3, 0.4) is 0 Å². The number of rotatable bonds is 9. The molecular formula is C23H20N2O6. The van der Waals surface area contributed by atoms with Gasteiger partial charge in [0.05, 0.1) is 10.5 Å². The summed E-state index contributed by atoms with van der Waals surface area (Å²) in [5.74, 6) is -1.36. The van der Waals surface area contributed by atoms with E-state index >= 15 is 0 Å². The van der Waals surface area contributed by atoms with Gasteiger partial charge in [0.1, 0.15) is 6.61 Å². The smallest absolute Gasteiger partial charge is 0.335 e. The summed E-state index contributed by atoms with van der Waals surface area (Å²) >= 11 is 0. The van der Waals surface area contributed by atoms with Crippen LogP contribution in [0.25, 0.3) is 0 Å². The number of benzene rings is 3. The Hall–Kier alpha value is -4.20. The Kier molecular flexibility index (Phi) is 6.95. The standard InChI is InChI=1S/C23H20N2O6/c26-22(24-13-12-16-6-8-18(9-7-16)23(27)28)19-10-11-21(20(14-19)25(29)30)31-15-17-4-2-1-3-5-17/h1-11,14H,12-13,15H2,(H,24,26)(H,27,28). The summed E-state index contributed by atoms with van der Waals surface area (Å²) in [4.78, 5) is 34.1. The molecule has 158 valence electrons. The van der Waals surface area contributed by atoms with Gasteiger partial charge >= 0.3 is 11.7 Å². The van der Waals surface area contributed by atoms with Crippen molar-refractivity contribution in [3.05, 3.63) is 105 Å². The summed E-state index contributed by atoms with van der Waals surface area (Å²) in [7, 11) is 0. The summed E-state index contributed by atoms with van der Waals surface area (Å²) in [6.45, 7) is 0.471. The maximum absolute atomic E-state index is 12.4. The van der Waals surface area contributed by atoms with Crippen LogP contribution in [-0.2, 0) is 13.0 Å². The van der Waals surface area contributed by atoms with Gasteiger partial charge in [0.25, 0.3) is 5.91 Å². The van der Waals surface area contributed by atoms with Crippen LogP contribution in [0.15, 0.2) is 72.8 Å². The largest absolute Gasteiger partial charge is 0.482 e. The minimum Gasteiger partial charge on any atom is -0.482 e. The van der Waals surface area contributed by atoms with Crippen LogP contribution in [0.4, 0.5) is 5.69 Å². The maximum atomic E-state index is 12.4. The molecule has 0 bridgehead atoms. The minimum atomic E-state index is -1.00. The van der Waals surface area contributed by atoms with Crippen LogP contribution in [0.5, 0.6) is 5.75 Å². The van der Waals surface area contributed by atoms with Gasteiger partial charge in [-0.2, -0.15) is 0 Å². The fourth-order valence-electron chi connectivity index (χ4n) is 2.90. The third-order valence-corrected chi connectivity index (χ3v) is 4.56. The van der Waals surface area contributed by atoms with Crippen molar-refractivity contribution < 1.29 is 24.4 Å². The van der Waals surface area contributed by atoms with Crippen LogP contribution in [-0.4, -0.2) is 28.5 Å². The average molecular weight is 420 g/mol. The maximum Gasteiger partial charge on any atom is 0.335 e. The molecule has 0 heterocycles. The number of carbonyl (C=O) groups excluding carboxylic acids is 1. The van der Waals surface area contributed by atoms with Gasteiger partial charge in [-0.1, -0.05) is 42.5 Å². The van der Waals surface area contributed by atoms with Gasteiger partial charge in [-0.15, -0.1) is 0 Å². The summed E-state index contributed by atoms with van der Waals surface area (Å²) in [5, 5.41) is 23.1. The average Bonchev–Trinajstić information content (AvgIpc) is 2.78. The van der Waals surface area contributed by atoms with E-state index in [2.05, 4.69) is 5.32 Å². The van der Waals surface area contributed by atoms with E-state index in [1.807, 2.05) is 30.3 Å². The third-order valence-electron chi connectivity index (χ3n) is 4.56. The second kappa shape index (κ2) is 10.0. The molecule has 1 amide bonds. The molecule has 3 aromatic carbocycles. The summed E-state index contributed by atoms with van der Waals surface area (Å²) < 4.78 is 5.57. The van der Waals surface area contributed by atoms with E-state index in [-0.39, 0.29) is 29.2 Å². The van der Waals surface area contributed by atoms with E-state index in [4.69, 9.17) is 9.84 Å². The van der Waals surface area contributed by atoms with Gasteiger partial charge in [-0.3, -0.25) is 14.9 Å². The molecular weight excluding hydrogens is 400 g/mol. The number of nitrogens with one attached hydrogen (secondary N) is 1. The lowest BCUT2D eigenvalue weighted by Gasteiger charge is -2.09. The molecule has 0 unspecified atom stereocenters. The van der Waals surface area contributed by atoms with Crippen molar-refractivity contribution in [3.8, 4) is 5.75 Å². The van der Waals surface area contributed by atoms with E-state index in [1.165, 1.54) is 30.3 Å². The predicted octanol–water partition coefficient (Wildman–Crippen LogP) is 3.84. The zero-order valence-electron chi connectivity index (χ0n) is 16.5. The van der Waals surface area contributed by atoms with E-state index in [1.54, 1.807) is 12.1 Å². The highest BCUT2D eigenvalue weighted by Gasteiger charge is 2.19. The molecule has 0 radical (unpaired) electrons. The Bertz CT molecular complexity index is 1080. The first-order valence-electron chi connectivity index (χ1n) is 9.49. The van der Waals surface area contributed by atoms with Gasteiger partial charge in [-0.05, 0) is 41.8 Å². The number of hydrogen-bond donors (Lipinski definition) is 2. The molecule has 0 aliphatic carbocycles. The molecule has 31 heavy (non-hydrogen) atoms. The monoisotopic (exact) mass is 420 g/mol. The first-order chi connectivity index (χ1) is 14.9. The number of carbonyl (C=O) groups is 2. The number of nitro benzene ring substituents is 1. The van der Waals surface area contributed by atoms with Gasteiger partial charge in [0.15, 0.2) is 5.75 Å². The number of amides is 1. The lowest BCUT2D eigenvalue weighted by Crippen LogP contribution is -2.25. The quantitative estimate of drug-likeness (QED) is 0.401. The summed E-state index contributed by atoms with van der Waals surface area (Å²) in [6.07, 6.45) is 0.492. The van der Waals surface area contributed by atoms with Crippen molar-refractivity contribution in [2.75, 3.05) is 6.54 Å². The Labute approximate surface area is 178 Å². The lowest BCUT2D eigenvalue weighted by molar-refractivity contribution is -0.386. The first kappa shape index (κ1) is 21.5. The molecule has 0 aliphatic heterocycles. The highest BCUT2D eigenvalue weighted by molar-refractivity contribution is 5.95. The molecule has 0 saturated carbocycles. The van der Waals surface area contributed by atoms with E-state index in [0.717, 1.165) is 11.1 Å². The van der Waals surface area contributed by atoms with E-state index < -0.39 is 16.8 Å². The topological polar surface area (TPSA) is 119 Å². The Morgan fingerprint density at radius 1 is 0.935 bits per heavy atom. The molecule has 0 aromatic heterocycles. The van der Waals surface area contributed by atoms with Crippen LogP contribution in [0.1, 0.15) is 31.8 Å².